The van der Waals surface area contributed by atoms with E-state index in [0.29, 0.717) is 35.0 Å². The topological polar surface area (TPSA) is 67.3 Å². The van der Waals surface area contributed by atoms with E-state index in [9.17, 15) is 18.4 Å². The molecule has 0 spiro atoms. The fraction of sp³-hybridized carbons (Fsp3) is 0.517. The normalized spacial score (nSPS) is 19.5. The highest BCUT2D eigenvalue weighted by Crippen LogP contribution is 2.37. The summed E-state index contributed by atoms with van der Waals surface area (Å²) in [5.41, 5.74) is 3.55. The molecular formula is C29H37F2N3O3. The number of alkyl halides is 2. The monoisotopic (exact) mass is 513 g/mol. The first-order valence-corrected chi connectivity index (χ1v) is 13.0. The number of aryl methyl sites for hydroxylation is 1. The Hall–Kier alpha value is -3.00. The number of halogens is 2. The van der Waals surface area contributed by atoms with Crippen molar-refractivity contribution in [3.63, 3.8) is 0 Å². The van der Waals surface area contributed by atoms with E-state index in [0.717, 1.165) is 29.4 Å². The number of carbonyl (C=O) groups excluding carboxylic acids is 1. The third-order valence-corrected chi connectivity index (χ3v) is 8.00. The molecule has 0 amide bonds. The van der Waals surface area contributed by atoms with E-state index in [1.165, 1.54) is 7.11 Å². The van der Waals surface area contributed by atoms with Crippen LogP contribution in [0, 0.1) is 19.8 Å². The van der Waals surface area contributed by atoms with E-state index >= 15 is 0 Å². The molecule has 3 unspecified atom stereocenters. The maximum atomic E-state index is 13.6. The zero-order valence-electron chi connectivity index (χ0n) is 22.3. The first kappa shape index (κ1) is 27.0. The quantitative estimate of drug-likeness (QED) is 0.373. The van der Waals surface area contributed by atoms with Crippen molar-refractivity contribution in [2.45, 2.75) is 71.9 Å². The second-order valence-electron chi connectivity index (χ2n) is 10.4. The molecule has 3 atom stereocenters. The minimum atomic E-state index is -2.32. The van der Waals surface area contributed by atoms with Crippen LogP contribution in [0.25, 0.3) is 10.9 Å². The molecule has 1 aliphatic heterocycles. The number of piperidine rings is 1. The predicted molar refractivity (Wildman–Crippen MR) is 142 cm³/mol. The van der Waals surface area contributed by atoms with Gasteiger partial charge in [0.2, 0.25) is 0 Å². The molecule has 4 rings (SSSR count). The summed E-state index contributed by atoms with van der Waals surface area (Å²) in [6, 6.07) is 9.90. The first-order chi connectivity index (χ1) is 17.6. The minimum Gasteiger partial charge on any atom is -0.496 e. The molecular weight excluding hydrogens is 476 g/mol. The molecule has 6 nitrogen and oxygen atoms in total. The molecule has 0 radical (unpaired) electrons. The molecule has 0 bridgehead atoms. The lowest BCUT2D eigenvalue weighted by atomic mass is 9.86. The SMILES string of the molecule is COc1cc(C)[nH]c(=O)c1CCC(=O)c1c(C)n(C(C)C2CCN(CC(F)F)C(C)C2)c2ccccc12. The number of aromatic amines is 1. The highest BCUT2D eigenvalue weighted by Gasteiger charge is 2.33. The van der Waals surface area contributed by atoms with Crippen molar-refractivity contribution in [1.29, 1.82) is 0 Å². The van der Waals surface area contributed by atoms with Crippen molar-refractivity contribution < 1.29 is 18.3 Å². The Morgan fingerprint density at radius 2 is 1.97 bits per heavy atom. The number of Topliss-reactive ketones (excluding diaryl/α,β-unsaturated/α-hetero) is 1. The summed E-state index contributed by atoms with van der Waals surface area (Å²) in [6.45, 7) is 8.45. The number of aromatic nitrogens is 2. The lowest BCUT2D eigenvalue weighted by Gasteiger charge is -2.40. The molecule has 200 valence electrons. The van der Waals surface area contributed by atoms with Crippen LogP contribution >= 0.6 is 0 Å². The number of para-hydroxylation sites is 1. The minimum absolute atomic E-state index is 0.0122. The van der Waals surface area contributed by atoms with Gasteiger partial charge in [0.05, 0.1) is 19.2 Å². The maximum Gasteiger partial charge on any atom is 0.255 e. The Kier molecular flexibility index (Phi) is 8.17. The number of nitrogens with one attached hydrogen (secondary N) is 1. The second-order valence-corrected chi connectivity index (χ2v) is 10.4. The molecule has 0 aliphatic carbocycles. The molecule has 1 N–H and O–H groups in total. The Morgan fingerprint density at radius 3 is 2.65 bits per heavy atom. The number of ketones is 1. The lowest BCUT2D eigenvalue weighted by Crippen LogP contribution is -2.44. The van der Waals surface area contributed by atoms with Crippen molar-refractivity contribution >= 4 is 16.7 Å². The van der Waals surface area contributed by atoms with Crippen LogP contribution in [0.4, 0.5) is 8.78 Å². The van der Waals surface area contributed by atoms with Gasteiger partial charge in [-0.05, 0) is 71.6 Å². The van der Waals surface area contributed by atoms with Gasteiger partial charge in [-0.2, -0.15) is 0 Å². The summed E-state index contributed by atoms with van der Waals surface area (Å²) < 4.78 is 33.6. The predicted octanol–water partition coefficient (Wildman–Crippen LogP) is 5.70. The molecule has 2 aromatic heterocycles. The van der Waals surface area contributed by atoms with Crippen LogP contribution in [0.1, 0.15) is 66.5 Å². The lowest BCUT2D eigenvalue weighted by molar-refractivity contribution is 0.0341. The van der Waals surface area contributed by atoms with E-state index in [4.69, 9.17) is 4.74 Å². The number of carbonyl (C=O) groups is 1. The first-order valence-electron chi connectivity index (χ1n) is 13.0. The third-order valence-electron chi connectivity index (χ3n) is 8.00. The van der Waals surface area contributed by atoms with Gasteiger partial charge in [0.1, 0.15) is 5.75 Å². The maximum absolute atomic E-state index is 13.6. The molecule has 37 heavy (non-hydrogen) atoms. The van der Waals surface area contributed by atoms with Gasteiger partial charge in [0.15, 0.2) is 5.78 Å². The van der Waals surface area contributed by atoms with Gasteiger partial charge in [-0.1, -0.05) is 18.2 Å². The number of H-pyrrole nitrogens is 1. The number of ether oxygens (including phenoxy) is 1. The van der Waals surface area contributed by atoms with E-state index < -0.39 is 6.43 Å². The van der Waals surface area contributed by atoms with Crippen molar-refractivity contribution in [2.24, 2.45) is 5.92 Å². The molecule has 1 saturated heterocycles. The second kappa shape index (κ2) is 11.2. The molecule has 3 aromatic rings. The van der Waals surface area contributed by atoms with Crippen molar-refractivity contribution in [1.82, 2.24) is 14.5 Å². The Morgan fingerprint density at radius 1 is 1.24 bits per heavy atom. The summed E-state index contributed by atoms with van der Waals surface area (Å²) in [4.78, 5) is 30.8. The average Bonchev–Trinajstić information content (AvgIpc) is 3.15. The standard InChI is InChI=1S/C29H37F2N3O3/c1-17-14-26(37-5)23(29(36)32-17)10-11-25(35)28-20(4)34(24-9-7-6-8-22(24)28)19(3)21-12-13-33(16-27(30)31)18(2)15-21/h6-9,14,18-19,21,27H,10-13,15-16H2,1-5H3,(H,32,36). The number of rotatable bonds is 9. The van der Waals surface area contributed by atoms with E-state index in [-0.39, 0.29) is 42.8 Å². The van der Waals surface area contributed by atoms with Crippen LogP contribution in [0.3, 0.4) is 0 Å². The average molecular weight is 514 g/mol. The summed E-state index contributed by atoms with van der Waals surface area (Å²) in [6.07, 6.45) is -0.181. The van der Waals surface area contributed by atoms with E-state index in [1.807, 2.05) is 43.0 Å². The molecule has 3 heterocycles. The largest absolute Gasteiger partial charge is 0.496 e. The summed E-state index contributed by atoms with van der Waals surface area (Å²) in [5, 5.41) is 0.907. The van der Waals surface area contributed by atoms with Gasteiger partial charge < -0.3 is 14.3 Å². The van der Waals surface area contributed by atoms with Crippen molar-refractivity contribution in [2.75, 3.05) is 20.2 Å². The van der Waals surface area contributed by atoms with Crippen LogP contribution in [0.2, 0.25) is 0 Å². The number of hydrogen-bond acceptors (Lipinski definition) is 4. The van der Waals surface area contributed by atoms with Crippen molar-refractivity contribution in [3.8, 4) is 5.75 Å². The number of pyridine rings is 1. The zero-order valence-corrected chi connectivity index (χ0v) is 22.3. The number of hydrogen-bond donors (Lipinski definition) is 1. The fourth-order valence-electron chi connectivity index (χ4n) is 6.09. The van der Waals surface area contributed by atoms with Crippen molar-refractivity contribution in [3.05, 3.63) is 63.2 Å². The molecule has 1 fully saturated rings. The molecule has 8 heteroatoms. The number of likely N-dealkylation sites (tertiary alicyclic amines) is 1. The van der Waals surface area contributed by atoms with Gasteiger partial charge in [-0.25, -0.2) is 8.78 Å². The summed E-state index contributed by atoms with van der Waals surface area (Å²) >= 11 is 0. The van der Waals surface area contributed by atoms with Gasteiger partial charge in [-0.15, -0.1) is 0 Å². The Balaban J connectivity index is 1.61. The van der Waals surface area contributed by atoms with Crippen LogP contribution < -0.4 is 10.3 Å². The number of fused-ring (bicyclic) bond motifs is 1. The summed E-state index contributed by atoms with van der Waals surface area (Å²) in [7, 11) is 1.53. The smallest absolute Gasteiger partial charge is 0.255 e. The van der Waals surface area contributed by atoms with E-state index in [2.05, 4.69) is 16.5 Å². The van der Waals surface area contributed by atoms with Gasteiger partial charge in [-0.3, -0.25) is 14.5 Å². The fourth-order valence-corrected chi connectivity index (χ4v) is 6.09. The van der Waals surface area contributed by atoms with Crippen LogP contribution in [-0.2, 0) is 6.42 Å². The number of methoxy groups -OCH3 is 1. The van der Waals surface area contributed by atoms with Gasteiger partial charge in [0, 0.05) is 46.4 Å². The molecule has 1 aliphatic rings. The van der Waals surface area contributed by atoms with Gasteiger partial charge in [0.25, 0.3) is 12.0 Å². The van der Waals surface area contributed by atoms with Gasteiger partial charge >= 0.3 is 0 Å². The number of nitrogens with zero attached hydrogens (tertiary/aromatic N) is 2. The van der Waals surface area contributed by atoms with Crippen LogP contribution in [-0.4, -0.2) is 52.9 Å². The Labute approximate surface area is 216 Å². The third kappa shape index (κ3) is 5.49. The van der Waals surface area contributed by atoms with Crippen LogP contribution in [0.5, 0.6) is 5.75 Å². The zero-order chi connectivity index (χ0) is 26.9. The Bertz CT molecular complexity index is 1330. The summed E-state index contributed by atoms with van der Waals surface area (Å²) in [5.74, 6) is 0.799. The van der Waals surface area contributed by atoms with Crippen LogP contribution in [0.15, 0.2) is 35.1 Å². The molecule has 1 aromatic carbocycles. The highest BCUT2D eigenvalue weighted by molar-refractivity contribution is 6.09. The highest BCUT2D eigenvalue weighted by atomic mass is 19.3. The molecule has 0 saturated carbocycles. The number of benzene rings is 1. The van der Waals surface area contributed by atoms with E-state index in [1.54, 1.807) is 13.0 Å².